The van der Waals surface area contributed by atoms with Crippen molar-refractivity contribution in [1.29, 1.82) is 0 Å². The van der Waals surface area contributed by atoms with E-state index in [0.29, 0.717) is 13.0 Å². The van der Waals surface area contributed by atoms with Crippen molar-refractivity contribution in [3.63, 3.8) is 0 Å². The molecule has 0 bridgehead atoms. The summed E-state index contributed by atoms with van der Waals surface area (Å²) < 4.78 is 0. The second-order valence-electron chi connectivity index (χ2n) is 7.03. The average molecular weight is 367 g/mol. The molecule has 1 saturated heterocycles. The Kier molecular flexibility index (Phi) is 7.60. The number of amides is 5. The summed E-state index contributed by atoms with van der Waals surface area (Å²) in [5.41, 5.74) is 5.96. The first-order valence-corrected chi connectivity index (χ1v) is 8.58. The fourth-order valence-corrected chi connectivity index (χ4v) is 2.84. The monoisotopic (exact) mass is 367 g/mol. The maximum absolute atomic E-state index is 12.8. The lowest BCUT2D eigenvalue weighted by Crippen LogP contribution is -2.57. The molecule has 5 amide bonds. The molecular formula is C17H29N5O4. The molecule has 1 aliphatic heterocycles. The normalized spacial score (nSPS) is 19.1. The van der Waals surface area contributed by atoms with Crippen LogP contribution in [0.1, 0.15) is 34.1 Å². The van der Waals surface area contributed by atoms with Gasteiger partial charge in [0.05, 0.1) is 12.6 Å². The standard InChI is InChI=1S/C17H29N5O4/c1-10(2)8-14(24)22-7-6-12(20-17(26)19-11(3)4)15(22)16(25)21(5)9-13(18)23/h8,11-12,15H,6-7,9H2,1-5H3,(H2,18,23)(H2,19,20,26)/t12-,15-/m0/s1. The van der Waals surface area contributed by atoms with Crippen LogP contribution in [-0.4, -0.2) is 71.8 Å². The molecule has 4 N–H and O–H groups in total. The van der Waals surface area contributed by atoms with Crippen LogP contribution in [0.5, 0.6) is 0 Å². The highest BCUT2D eigenvalue weighted by molar-refractivity contribution is 5.95. The van der Waals surface area contributed by atoms with Crippen molar-refractivity contribution in [2.45, 2.75) is 52.2 Å². The lowest BCUT2D eigenvalue weighted by molar-refractivity contribution is -0.142. The van der Waals surface area contributed by atoms with Crippen molar-refractivity contribution in [1.82, 2.24) is 20.4 Å². The molecule has 1 fully saturated rings. The van der Waals surface area contributed by atoms with Crippen LogP contribution in [-0.2, 0) is 14.4 Å². The van der Waals surface area contributed by atoms with E-state index in [4.69, 9.17) is 5.73 Å². The van der Waals surface area contributed by atoms with Gasteiger partial charge in [-0.05, 0) is 34.1 Å². The number of nitrogens with zero attached hydrogens (tertiary/aromatic N) is 2. The molecule has 0 unspecified atom stereocenters. The van der Waals surface area contributed by atoms with E-state index in [0.717, 1.165) is 5.57 Å². The Morgan fingerprint density at radius 2 is 1.88 bits per heavy atom. The number of primary amides is 1. The lowest BCUT2D eigenvalue weighted by Gasteiger charge is -2.30. The van der Waals surface area contributed by atoms with Gasteiger partial charge in [0.25, 0.3) is 0 Å². The first-order valence-electron chi connectivity index (χ1n) is 8.58. The third kappa shape index (κ3) is 6.05. The first kappa shape index (κ1) is 21.5. The molecule has 146 valence electrons. The minimum absolute atomic E-state index is 0.0634. The van der Waals surface area contributed by atoms with Crippen LogP contribution in [0.4, 0.5) is 4.79 Å². The van der Waals surface area contributed by atoms with E-state index in [-0.39, 0.29) is 18.5 Å². The second kappa shape index (κ2) is 9.21. The van der Waals surface area contributed by atoms with Crippen molar-refractivity contribution in [2.24, 2.45) is 5.73 Å². The third-order valence-electron chi connectivity index (χ3n) is 3.85. The summed E-state index contributed by atoms with van der Waals surface area (Å²) in [6.07, 6.45) is 1.89. The number of carbonyl (C=O) groups excluding carboxylic acids is 4. The molecule has 0 aliphatic carbocycles. The molecule has 1 heterocycles. The summed E-state index contributed by atoms with van der Waals surface area (Å²) in [7, 11) is 1.44. The summed E-state index contributed by atoms with van der Waals surface area (Å²) in [4.78, 5) is 51.1. The highest BCUT2D eigenvalue weighted by Crippen LogP contribution is 2.21. The Bertz CT molecular complexity index is 598. The molecule has 0 radical (unpaired) electrons. The average Bonchev–Trinajstić information content (AvgIpc) is 2.87. The summed E-state index contributed by atoms with van der Waals surface area (Å²) in [5, 5.41) is 5.46. The number of rotatable bonds is 6. The minimum atomic E-state index is -0.889. The summed E-state index contributed by atoms with van der Waals surface area (Å²) in [6, 6.07) is -1.91. The van der Waals surface area contributed by atoms with E-state index >= 15 is 0 Å². The van der Waals surface area contributed by atoms with Gasteiger partial charge in [-0.15, -0.1) is 0 Å². The highest BCUT2D eigenvalue weighted by Gasteiger charge is 2.43. The third-order valence-corrected chi connectivity index (χ3v) is 3.85. The van der Waals surface area contributed by atoms with Gasteiger partial charge in [-0.3, -0.25) is 14.4 Å². The van der Waals surface area contributed by atoms with Crippen molar-refractivity contribution in [3.8, 4) is 0 Å². The smallest absolute Gasteiger partial charge is 0.315 e. The number of hydrogen-bond donors (Lipinski definition) is 3. The molecule has 9 heteroatoms. The van der Waals surface area contributed by atoms with Crippen LogP contribution in [0.15, 0.2) is 11.6 Å². The molecule has 0 aromatic heterocycles. The van der Waals surface area contributed by atoms with E-state index in [1.54, 1.807) is 13.8 Å². The molecule has 2 atom stereocenters. The molecule has 26 heavy (non-hydrogen) atoms. The largest absolute Gasteiger partial charge is 0.368 e. The molecule has 9 nitrogen and oxygen atoms in total. The zero-order chi connectivity index (χ0) is 20.0. The molecule has 1 rings (SSSR count). The fraction of sp³-hybridized carbons (Fsp3) is 0.647. The lowest BCUT2D eigenvalue weighted by atomic mass is 10.1. The van der Waals surface area contributed by atoms with Crippen molar-refractivity contribution in [2.75, 3.05) is 20.1 Å². The van der Waals surface area contributed by atoms with Gasteiger partial charge in [0.2, 0.25) is 17.7 Å². The zero-order valence-corrected chi connectivity index (χ0v) is 16.0. The maximum Gasteiger partial charge on any atom is 0.315 e. The predicted molar refractivity (Wildman–Crippen MR) is 97.0 cm³/mol. The van der Waals surface area contributed by atoms with Gasteiger partial charge in [0.1, 0.15) is 6.04 Å². The Labute approximate surface area is 153 Å². The van der Waals surface area contributed by atoms with Crippen molar-refractivity contribution >= 4 is 23.8 Å². The number of hydrogen-bond acceptors (Lipinski definition) is 4. The van der Waals surface area contributed by atoms with Gasteiger partial charge < -0.3 is 26.2 Å². The van der Waals surface area contributed by atoms with Crippen LogP contribution in [0.3, 0.4) is 0 Å². The number of nitrogens with one attached hydrogen (secondary N) is 2. The van der Waals surface area contributed by atoms with Gasteiger partial charge in [-0.1, -0.05) is 5.57 Å². The van der Waals surface area contributed by atoms with Crippen LogP contribution < -0.4 is 16.4 Å². The number of likely N-dealkylation sites (N-methyl/N-ethyl adjacent to an activating group) is 1. The van der Waals surface area contributed by atoms with Gasteiger partial charge in [-0.2, -0.15) is 0 Å². The Balaban J connectivity index is 3.04. The van der Waals surface area contributed by atoms with E-state index < -0.39 is 29.9 Å². The molecule has 0 aromatic carbocycles. The molecular weight excluding hydrogens is 338 g/mol. The predicted octanol–water partition coefficient (Wildman–Crippen LogP) is -0.427. The quantitative estimate of drug-likeness (QED) is 0.551. The molecule has 0 saturated carbocycles. The Hall–Kier alpha value is -2.58. The topological polar surface area (TPSA) is 125 Å². The SMILES string of the molecule is CC(C)=CC(=O)N1CC[C@H](NC(=O)NC(C)C)[C@H]1C(=O)N(C)CC(N)=O. The van der Waals surface area contributed by atoms with Gasteiger partial charge >= 0.3 is 6.03 Å². The van der Waals surface area contributed by atoms with Gasteiger partial charge in [-0.25, -0.2) is 4.79 Å². The van der Waals surface area contributed by atoms with Crippen LogP contribution in [0, 0.1) is 0 Å². The van der Waals surface area contributed by atoms with Crippen molar-refractivity contribution < 1.29 is 19.2 Å². The Morgan fingerprint density at radius 3 is 2.38 bits per heavy atom. The van der Waals surface area contributed by atoms with Crippen LogP contribution >= 0.6 is 0 Å². The summed E-state index contributed by atoms with van der Waals surface area (Å²) in [6.45, 7) is 7.29. The number of allylic oxidation sites excluding steroid dienone is 1. The number of likely N-dealkylation sites (tertiary alicyclic amines) is 1. The number of urea groups is 1. The van der Waals surface area contributed by atoms with Crippen molar-refractivity contribution in [3.05, 3.63) is 11.6 Å². The van der Waals surface area contributed by atoms with Crippen LogP contribution in [0.25, 0.3) is 0 Å². The fourth-order valence-electron chi connectivity index (χ4n) is 2.84. The van der Waals surface area contributed by atoms with Gasteiger partial charge in [0.15, 0.2) is 0 Å². The highest BCUT2D eigenvalue weighted by atomic mass is 16.2. The zero-order valence-electron chi connectivity index (χ0n) is 16.0. The van der Waals surface area contributed by atoms with Crippen LogP contribution in [0.2, 0.25) is 0 Å². The van der Waals surface area contributed by atoms with Gasteiger partial charge in [0, 0.05) is 25.7 Å². The molecule has 0 aromatic rings. The summed E-state index contributed by atoms with van der Waals surface area (Å²) >= 11 is 0. The first-order chi connectivity index (χ1) is 12.0. The van der Waals surface area contributed by atoms with E-state index in [2.05, 4.69) is 10.6 Å². The summed E-state index contributed by atoms with van der Waals surface area (Å²) in [5.74, 6) is -1.39. The van der Waals surface area contributed by atoms with E-state index in [9.17, 15) is 19.2 Å². The Morgan fingerprint density at radius 1 is 1.27 bits per heavy atom. The number of nitrogens with two attached hydrogens (primary N) is 1. The molecule has 1 aliphatic rings. The maximum atomic E-state index is 12.8. The molecule has 0 spiro atoms. The second-order valence-corrected chi connectivity index (χ2v) is 7.03. The van der Waals surface area contributed by atoms with E-state index in [1.165, 1.54) is 22.9 Å². The minimum Gasteiger partial charge on any atom is -0.368 e. The number of carbonyl (C=O) groups is 4. The van der Waals surface area contributed by atoms with E-state index in [1.807, 2.05) is 13.8 Å².